The Morgan fingerprint density at radius 3 is 2.54 bits per heavy atom. The third kappa shape index (κ3) is 6.15. The SMILES string of the molecule is COc1cc(C)ccc1CN(c1ncns1)S(=O)(=O)c1c(F)cc(NCc2ccccc2CN2CCC2)c(Cl)c1F. The van der Waals surface area contributed by atoms with Gasteiger partial charge in [0.2, 0.25) is 5.13 Å². The molecule has 0 bridgehead atoms. The fraction of sp³-hybridized carbons (Fsp3) is 0.286. The lowest BCUT2D eigenvalue weighted by Crippen LogP contribution is -2.36. The van der Waals surface area contributed by atoms with E-state index < -0.39 is 31.6 Å². The molecule has 0 aliphatic carbocycles. The van der Waals surface area contributed by atoms with Gasteiger partial charge in [-0.3, -0.25) is 4.90 Å². The van der Waals surface area contributed by atoms with Gasteiger partial charge in [0.05, 0.1) is 19.3 Å². The number of benzene rings is 3. The first kappa shape index (κ1) is 29.2. The average molecular weight is 620 g/mol. The molecule has 5 rings (SSSR count). The van der Waals surface area contributed by atoms with Crippen molar-refractivity contribution in [2.75, 3.05) is 29.8 Å². The summed E-state index contributed by atoms with van der Waals surface area (Å²) in [7, 11) is -3.37. The Labute approximate surface area is 246 Å². The van der Waals surface area contributed by atoms with Crippen LogP contribution in [0.15, 0.2) is 59.8 Å². The zero-order valence-corrected chi connectivity index (χ0v) is 24.8. The first-order chi connectivity index (χ1) is 19.7. The highest BCUT2D eigenvalue weighted by Crippen LogP contribution is 2.37. The maximum absolute atomic E-state index is 15.7. The average Bonchev–Trinajstić information content (AvgIpc) is 3.46. The van der Waals surface area contributed by atoms with Gasteiger partial charge in [-0.25, -0.2) is 26.5 Å². The second kappa shape index (κ2) is 12.3. The van der Waals surface area contributed by atoms with Gasteiger partial charge in [0.15, 0.2) is 10.7 Å². The van der Waals surface area contributed by atoms with Gasteiger partial charge in [-0.1, -0.05) is 48.0 Å². The summed E-state index contributed by atoms with van der Waals surface area (Å²) in [5.41, 5.74) is 3.35. The van der Waals surface area contributed by atoms with E-state index in [0.717, 1.165) is 58.2 Å². The Hall–Kier alpha value is -3.32. The minimum Gasteiger partial charge on any atom is -0.496 e. The van der Waals surface area contributed by atoms with Gasteiger partial charge in [-0.2, -0.15) is 4.37 Å². The number of hydrogen-bond donors (Lipinski definition) is 1. The molecule has 3 aromatic carbocycles. The summed E-state index contributed by atoms with van der Waals surface area (Å²) in [6.45, 7) is 4.65. The van der Waals surface area contributed by atoms with Crippen LogP contribution in [0.5, 0.6) is 5.75 Å². The number of nitrogens with one attached hydrogen (secondary N) is 1. The van der Waals surface area contributed by atoms with E-state index in [1.807, 2.05) is 31.2 Å². The lowest BCUT2D eigenvalue weighted by molar-refractivity contribution is 0.172. The summed E-state index contributed by atoms with van der Waals surface area (Å²) in [6.07, 6.45) is 2.33. The van der Waals surface area contributed by atoms with Crippen LogP contribution in [0.3, 0.4) is 0 Å². The van der Waals surface area contributed by atoms with Gasteiger partial charge < -0.3 is 10.1 Å². The number of hydrogen-bond acceptors (Lipinski definition) is 8. The fourth-order valence-corrected chi connectivity index (χ4v) is 7.10. The first-order valence-corrected chi connectivity index (χ1v) is 15.4. The van der Waals surface area contributed by atoms with Crippen molar-refractivity contribution >= 4 is 44.0 Å². The van der Waals surface area contributed by atoms with Crippen molar-refractivity contribution in [2.45, 2.75) is 37.9 Å². The Balaban J connectivity index is 1.46. The maximum atomic E-state index is 15.7. The van der Waals surface area contributed by atoms with E-state index in [9.17, 15) is 8.42 Å². The molecular formula is C28H28ClF2N5O3S2. The Bertz CT molecular complexity index is 1650. The highest BCUT2D eigenvalue weighted by atomic mass is 35.5. The third-order valence-electron chi connectivity index (χ3n) is 6.91. The number of aryl methyl sites for hydroxylation is 1. The highest BCUT2D eigenvalue weighted by Gasteiger charge is 2.35. The second-order valence-electron chi connectivity index (χ2n) is 9.67. The number of ether oxygens (including phenoxy) is 1. The molecule has 1 aliphatic heterocycles. The summed E-state index contributed by atoms with van der Waals surface area (Å²) in [5, 5.41) is 2.38. The van der Waals surface area contributed by atoms with Crippen LogP contribution in [0, 0.1) is 18.6 Å². The molecule has 8 nitrogen and oxygen atoms in total. The van der Waals surface area contributed by atoms with E-state index in [-0.39, 0.29) is 23.9 Å². The normalized spacial score (nSPS) is 13.6. The van der Waals surface area contributed by atoms with Crippen LogP contribution < -0.4 is 14.4 Å². The number of nitrogens with zero attached hydrogens (tertiary/aromatic N) is 4. The van der Waals surface area contributed by atoms with Crippen molar-refractivity contribution in [3.63, 3.8) is 0 Å². The van der Waals surface area contributed by atoms with E-state index in [1.54, 1.807) is 18.2 Å². The predicted molar refractivity (Wildman–Crippen MR) is 156 cm³/mol. The van der Waals surface area contributed by atoms with Gasteiger partial charge in [0.25, 0.3) is 10.0 Å². The third-order valence-corrected chi connectivity index (χ3v) is 9.86. The minimum atomic E-state index is -4.82. The van der Waals surface area contributed by atoms with Crippen LogP contribution in [0.2, 0.25) is 5.02 Å². The van der Waals surface area contributed by atoms with Crippen LogP contribution in [-0.4, -0.2) is 42.9 Å². The van der Waals surface area contributed by atoms with Crippen molar-refractivity contribution < 1.29 is 21.9 Å². The number of rotatable bonds is 11. The number of anilines is 2. The minimum absolute atomic E-state index is 0.0537. The molecule has 1 aliphatic rings. The molecule has 0 unspecified atom stereocenters. The van der Waals surface area contributed by atoms with E-state index >= 15 is 8.78 Å². The van der Waals surface area contributed by atoms with Crippen LogP contribution in [0.4, 0.5) is 19.6 Å². The number of likely N-dealkylation sites (tertiary alicyclic amines) is 1. The summed E-state index contributed by atoms with van der Waals surface area (Å²) in [5.74, 6) is -2.26. The van der Waals surface area contributed by atoms with Gasteiger partial charge >= 0.3 is 0 Å². The topological polar surface area (TPSA) is 87.7 Å². The molecule has 0 amide bonds. The van der Waals surface area contributed by atoms with Crippen LogP contribution in [0.1, 0.15) is 28.7 Å². The van der Waals surface area contributed by atoms with Gasteiger partial charge in [-0.15, -0.1) is 0 Å². The quantitative estimate of drug-likeness (QED) is 0.206. The zero-order valence-electron chi connectivity index (χ0n) is 22.4. The van der Waals surface area contributed by atoms with Crippen LogP contribution in [0.25, 0.3) is 0 Å². The van der Waals surface area contributed by atoms with E-state index in [2.05, 4.69) is 19.6 Å². The molecule has 1 fully saturated rings. The molecule has 216 valence electrons. The molecule has 41 heavy (non-hydrogen) atoms. The Morgan fingerprint density at radius 2 is 1.88 bits per heavy atom. The molecule has 13 heteroatoms. The van der Waals surface area contributed by atoms with Crippen molar-refractivity contribution in [3.05, 3.63) is 93.8 Å². The van der Waals surface area contributed by atoms with Gasteiger partial charge in [-0.05, 0) is 49.2 Å². The summed E-state index contributed by atoms with van der Waals surface area (Å²) in [4.78, 5) is 5.13. The summed E-state index contributed by atoms with van der Waals surface area (Å²) < 4.78 is 69.0. The first-order valence-electron chi connectivity index (χ1n) is 12.8. The predicted octanol–water partition coefficient (Wildman–Crippen LogP) is 6.00. The van der Waals surface area contributed by atoms with Crippen LogP contribution in [-0.2, 0) is 29.7 Å². The van der Waals surface area contributed by atoms with E-state index in [1.165, 1.54) is 19.9 Å². The monoisotopic (exact) mass is 619 g/mol. The highest BCUT2D eigenvalue weighted by molar-refractivity contribution is 7.93. The summed E-state index contributed by atoms with van der Waals surface area (Å²) in [6, 6.07) is 13.9. The van der Waals surface area contributed by atoms with Crippen molar-refractivity contribution in [1.82, 2.24) is 14.3 Å². The molecular weight excluding hydrogens is 592 g/mol. The largest absolute Gasteiger partial charge is 0.496 e. The van der Waals surface area contributed by atoms with Crippen molar-refractivity contribution in [3.8, 4) is 5.75 Å². The van der Waals surface area contributed by atoms with E-state index in [4.69, 9.17) is 16.3 Å². The molecule has 4 aromatic rings. The van der Waals surface area contributed by atoms with Crippen molar-refractivity contribution in [2.24, 2.45) is 0 Å². The smallest absolute Gasteiger partial charge is 0.272 e. The lowest BCUT2D eigenvalue weighted by Gasteiger charge is -2.31. The standard InChI is InChI=1S/C28H28ClF2N5O3S2/c1-18-8-9-21(24(12-18)39-2)16-36(28-33-17-34-40-28)41(37,38)27-22(30)13-23(25(29)26(27)31)32-14-19-6-3-4-7-20(19)15-35-10-5-11-35/h3-4,6-9,12-13,17,32H,5,10-11,14-16H2,1-2H3. The number of sulfonamides is 1. The molecule has 0 spiro atoms. The Kier molecular flexibility index (Phi) is 8.74. The fourth-order valence-electron chi connectivity index (χ4n) is 4.58. The second-order valence-corrected chi connectivity index (χ2v) is 12.6. The van der Waals surface area contributed by atoms with Crippen LogP contribution >= 0.6 is 23.1 Å². The molecule has 2 heterocycles. The molecule has 0 saturated carbocycles. The number of halogens is 3. The van der Waals surface area contributed by atoms with Gasteiger partial charge in [0, 0.05) is 36.3 Å². The molecule has 0 radical (unpaired) electrons. The molecule has 1 saturated heterocycles. The molecule has 0 atom stereocenters. The lowest BCUT2D eigenvalue weighted by atomic mass is 10.1. The number of aromatic nitrogens is 2. The van der Waals surface area contributed by atoms with Crippen molar-refractivity contribution in [1.29, 1.82) is 0 Å². The molecule has 1 N–H and O–H groups in total. The molecule has 1 aromatic heterocycles. The Morgan fingerprint density at radius 1 is 1.12 bits per heavy atom. The number of methoxy groups -OCH3 is 1. The zero-order chi connectivity index (χ0) is 29.1. The maximum Gasteiger partial charge on any atom is 0.272 e. The van der Waals surface area contributed by atoms with Gasteiger partial charge in [0.1, 0.15) is 22.9 Å². The summed E-state index contributed by atoms with van der Waals surface area (Å²) >= 11 is 7.09. The van der Waals surface area contributed by atoms with E-state index in [0.29, 0.717) is 11.3 Å².